The fourth-order valence-electron chi connectivity index (χ4n) is 3.47. The number of nitrogens with zero attached hydrogens (tertiary/aromatic N) is 1. The van der Waals surface area contributed by atoms with Crippen molar-refractivity contribution in [3.05, 3.63) is 35.9 Å². The topological polar surface area (TPSA) is 66.6 Å². The van der Waals surface area contributed by atoms with Crippen molar-refractivity contribution in [1.29, 1.82) is 0 Å². The molecule has 0 saturated heterocycles. The zero-order chi connectivity index (χ0) is 23.0. The molecule has 0 aromatic heterocycles. The molecule has 1 aromatic rings. The average molecular weight is 429 g/mol. The number of halogens is 2. The second kappa shape index (κ2) is 16.2. The van der Waals surface area contributed by atoms with Crippen molar-refractivity contribution in [2.45, 2.75) is 78.7 Å². The SMILES string of the molecule is CC.CC(F)(F)C(=O)O.CCCCN(Cc1ccccc1)CC1CCC(CN)CC1. The number of unbranched alkanes of at least 4 members (excludes halogenated alkanes) is 1. The monoisotopic (exact) mass is 428 g/mol. The van der Waals surface area contributed by atoms with Crippen LogP contribution in [0.2, 0.25) is 0 Å². The lowest BCUT2D eigenvalue weighted by Gasteiger charge is -2.32. The summed E-state index contributed by atoms with van der Waals surface area (Å²) in [5.41, 5.74) is 7.26. The molecule has 1 aliphatic rings. The molecule has 1 saturated carbocycles. The molecule has 1 fully saturated rings. The lowest BCUT2D eigenvalue weighted by Crippen LogP contribution is -2.33. The molecular formula is C24H42F2N2O2. The molecule has 0 radical (unpaired) electrons. The predicted octanol–water partition coefficient (Wildman–Crippen LogP) is 5.81. The average Bonchev–Trinajstić information content (AvgIpc) is 2.74. The summed E-state index contributed by atoms with van der Waals surface area (Å²) in [5.74, 6) is -4.00. The Hall–Kier alpha value is -1.53. The van der Waals surface area contributed by atoms with E-state index in [0.717, 1.165) is 24.9 Å². The molecule has 0 atom stereocenters. The Morgan fingerprint density at radius 1 is 1.13 bits per heavy atom. The summed E-state index contributed by atoms with van der Waals surface area (Å²) in [4.78, 5) is 11.9. The molecule has 30 heavy (non-hydrogen) atoms. The van der Waals surface area contributed by atoms with Crippen LogP contribution >= 0.6 is 0 Å². The van der Waals surface area contributed by atoms with Crippen LogP contribution in [0.1, 0.15) is 71.8 Å². The molecular weight excluding hydrogens is 386 g/mol. The van der Waals surface area contributed by atoms with Gasteiger partial charge in [-0.15, -0.1) is 0 Å². The third-order valence-corrected chi connectivity index (χ3v) is 5.27. The molecule has 1 aliphatic carbocycles. The summed E-state index contributed by atoms with van der Waals surface area (Å²) < 4.78 is 22.5. The number of hydrogen-bond donors (Lipinski definition) is 2. The molecule has 6 heteroatoms. The van der Waals surface area contributed by atoms with Crippen LogP contribution in [-0.4, -0.2) is 41.5 Å². The smallest absolute Gasteiger partial charge is 0.374 e. The highest BCUT2D eigenvalue weighted by Crippen LogP contribution is 2.29. The number of aliphatic carboxylic acids is 1. The summed E-state index contributed by atoms with van der Waals surface area (Å²) in [6.45, 7) is 11.1. The number of carbonyl (C=O) groups is 1. The summed E-state index contributed by atoms with van der Waals surface area (Å²) in [6, 6.07) is 10.9. The first-order valence-corrected chi connectivity index (χ1v) is 11.3. The molecule has 4 nitrogen and oxygen atoms in total. The Morgan fingerprint density at radius 3 is 2.07 bits per heavy atom. The fraction of sp³-hybridized carbons (Fsp3) is 0.708. The van der Waals surface area contributed by atoms with Gasteiger partial charge in [-0.25, -0.2) is 4.79 Å². The Morgan fingerprint density at radius 2 is 1.63 bits per heavy atom. The van der Waals surface area contributed by atoms with Crippen molar-refractivity contribution in [3.63, 3.8) is 0 Å². The minimum Gasteiger partial charge on any atom is -0.477 e. The minimum absolute atomic E-state index is 0.329. The van der Waals surface area contributed by atoms with Gasteiger partial charge in [0.1, 0.15) is 0 Å². The van der Waals surface area contributed by atoms with Gasteiger partial charge in [0.25, 0.3) is 0 Å². The van der Waals surface area contributed by atoms with E-state index in [4.69, 9.17) is 10.8 Å². The molecule has 0 aliphatic heterocycles. The number of alkyl halides is 2. The Kier molecular flexibility index (Phi) is 15.4. The molecule has 174 valence electrons. The molecule has 0 bridgehead atoms. The van der Waals surface area contributed by atoms with Crippen molar-refractivity contribution >= 4 is 5.97 Å². The Labute approximate surface area is 181 Å². The molecule has 0 amide bonds. The second-order valence-corrected chi connectivity index (χ2v) is 7.89. The van der Waals surface area contributed by atoms with Gasteiger partial charge in [-0.3, -0.25) is 4.90 Å². The van der Waals surface area contributed by atoms with Gasteiger partial charge in [0.2, 0.25) is 0 Å². The van der Waals surface area contributed by atoms with E-state index in [2.05, 4.69) is 42.2 Å². The number of hydrogen-bond acceptors (Lipinski definition) is 3. The van der Waals surface area contributed by atoms with Crippen LogP contribution in [0.4, 0.5) is 8.78 Å². The summed E-state index contributed by atoms with van der Waals surface area (Å²) in [7, 11) is 0. The summed E-state index contributed by atoms with van der Waals surface area (Å²) in [6.07, 6.45) is 8.02. The zero-order valence-corrected chi connectivity index (χ0v) is 19.2. The quantitative estimate of drug-likeness (QED) is 0.521. The van der Waals surface area contributed by atoms with Gasteiger partial charge in [-0.05, 0) is 62.6 Å². The van der Waals surface area contributed by atoms with E-state index >= 15 is 0 Å². The van der Waals surface area contributed by atoms with E-state index in [9.17, 15) is 13.6 Å². The van der Waals surface area contributed by atoms with Gasteiger partial charge in [0, 0.05) is 20.0 Å². The summed E-state index contributed by atoms with van der Waals surface area (Å²) in [5, 5.41) is 7.50. The largest absolute Gasteiger partial charge is 0.477 e. The molecule has 2 rings (SSSR count). The van der Waals surface area contributed by atoms with Crippen molar-refractivity contribution in [2.75, 3.05) is 19.6 Å². The highest BCUT2D eigenvalue weighted by atomic mass is 19.3. The first-order valence-electron chi connectivity index (χ1n) is 11.3. The summed E-state index contributed by atoms with van der Waals surface area (Å²) >= 11 is 0. The van der Waals surface area contributed by atoms with Crippen LogP contribution in [0, 0.1) is 11.8 Å². The van der Waals surface area contributed by atoms with E-state index in [0.29, 0.717) is 6.92 Å². The van der Waals surface area contributed by atoms with Crippen molar-refractivity contribution in [3.8, 4) is 0 Å². The van der Waals surface area contributed by atoms with Crippen molar-refractivity contribution < 1.29 is 18.7 Å². The lowest BCUT2D eigenvalue weighted by atomic mass is 9.82. The molecule has 0 heterocycles. The van der Waals surface area contributed by atoms with Crippen LogP contribution in [0.15, 0.2) is 30.3 Å². The third kappa shape index (κ3) is 12.9. The highest BCUT2D eigenvalue weighted by molar-refractivity contribution is 5.74. The predicted molar refractivity (Wildman–Crippen MR) is 121 cm³/mol. The van der Waals surface area contributed by atoms with Gasteiger partial charge < -0.3 is 10.8 Å². The van der Waals surface area contributed by atoms with Crippen LogP contribution in [0.5, 0.6) is 0 Å². The third-order valence-electron chi connectivity index (χ3n) is 5.27. The maximum absolute atomic E-state index is 11.2. The molecule has 1 aromatic carbocycles. The van der Waals surface area contributed by atoms with E-state index in [1.165, 1.54) is 57.2 Å². The number of benzene rings is 1. The Balaban J connectivity index is 0.000000795. The standard InChI is InChI=1S/C19H32N2.C3H4F2O2.C2H6/c1-2-3-13-21(15-18-7-5-4-6-8-18)16-19-11-9-17(14-20)10-12-19;1-3(4,5)2(6)7;1-2/h4-8,17,19H,2-3,9-16,20H2,1H3;1H3,(H,6,7);1-2H3. The Bertz CT molecular complexity index is 542. The van der Waals surface area contributed by atoms with Gasteiger partial charge >= 0.3 is 11.9 Å². The number of carboxylic acids is 1. The van der Waals surface area contributed by atoms with E-state index in [1.54, 1.807) is 0 Å². The second-order valence-electron chi connectivity index (χ2n) is 7.89. The first kappa shape index (κ1) is 28.5. The molecule has 0 spiro atoms. The molecule has 0 unspecified atom stereocenters. The lowest BCUT2D eigenvalue weighted by molar-refractivity contribution is -0.161. The van der Waals surface area contributed by atoms with Gasteiger partial charge in [-0.2, -0.15) is 8.78 Å². The van der Waals surface area contributed by atoms with E-state index in [1.807, 2.05) is 13.8 Å². The van der Waals surface area contributed by atoms with Gasteiger partial charge in [0.05, 0.1) is 0 Å². The van der Waals surface area contributed by atoms with Gasteiger partial charge in [-0.1, -0.05) is 57.5 Å². The van der Waals surface area contributed by atoms with Crippen LogP contribution < -0.4 is 5.73 Å². The van der Waals surface area contributed by atoms with Crippen molar-refractivity contribution in [2.24, 2.45) is 17.6 Å². The van der Waals surface area contributed by atoms with Crippen LogP contribution in [0.25, 0.3) is 0 Å². The normalized spacial score (nSPS) is 18.7. The maximum Gasteiger partial charge on any atom is 0.374 e. The van der Waals surface area contributed by atoms with E-state index < -0.39 is 11.9 Å². The van der Waals surface area contributed by atoms with Crippen molar-refractivity contribution in [1.82, 2.24) is 4.90 Å². The van der Waals surface area contributed by atoms with Crippen LogP contribution in [-0.2, 0) is 11.3 Å². The maximum atomic E-state index is 11.2. The van der Waals surface area contributed by atoms with Crippen LogP contribution in [0.3, 0.4) is 0 Å². The first-order chi connectivity index (χ1) is 14.3. The van der Waals surface area contributed by atoms with E-state index in [-0.39, 0.29) is 0 Å². The highest BCUT2D eigenvalue weighted by Gasteiger charge is 2.31. The zero-order valence-electron chi connectivity index (χ0n) is 19.2. The molecule has 3 N–H and O–H groups in total. The number of carboxylic acid groups (broad SMARTS) is 1. The number of rotatable bonds is 9. The number of nitrogens with two attached hydrogens (primary N) is 1. The minimum atomic E-state index is -3.58. The van der Waals surface area contributed by atoms with Gasteiger partial charge in [0.15, 0.2) is 0 Å². The fourth-order valence-corrected chi connectivity index (χ4v) is 3.47.